The molecule has 1 heteroatoms. The molecule has 4 atom stereocenters. The largest absolute Gasteiger partial charge is 0.297 e. The molecule has 2 rings (SSSR count). The summed E-state index contributed by atoms with van der Waals surface area (Å²) < 4.78 is 0. The van der Waals surface area contributed by atoms with Gasteiger partial charge in [0.15, 0.2) is 0 Å². The van der Waals surface area contributed by atoms with Gasteiger partial charge in [0.1, 0.15) is 0 Å². The van der Waals surface area contributed by atoms with Crippen molar-refractivity contribution in [2.45, 2.75) is 32.9 Å². The van der Waals surface area contributed by atoms with Crippen LogP contribution >= 0.6 is 0 Å². The summed E-state index contributed by atoms with van der Waals surface area (Å²) >= 11 is 0. The zero-order valence-corrected chi connectivity index (χ0v) is 8.77. The van der Waals surface area contributed by atoms with E-state index in [1.54, 1.807) is 0 Å². The van der Waals surface area contributed by atoms with Gasteiger partial charge in [-0.2, -0.15) is 0 Å². The molecule has 0 amide bonds. The second kappa shape index (κ2) is 3.30. The molecule has 1 saturated heterocycles. The Morgan fingerprint density at radius 2 is 1.46 bits per heavy atom. The van der Waals surface area contributed by atoms with E-state index >= 15 is 0 Å². The van der Waals surface area contributed by atoms with E-state index in [1.165, 1.54) is 6.54 Å². The zero-order chi connectivity index (χ0) is 9.42. The molecule has 1 fully saturated rings. The third kappa shape index (κ3) is 1.26. The van der Waals surface area contributed by atoms with Gasteiger partial charge in [0.05, 0.1) is 0 Å². The number of fused-ring (bicyclic) bond motifs is 1. The van der Waals surface area contributed by atoms with Crippen LogP contribution in [0.2, 0.25) is 0 Å². The molecule has 2 unspecified atom stereocenters. The Labute approximate surface area is 81.1 Å². The van der Waals surface area contributed by atoms with Gasteiger partial charge >= 0.3 is 0 Å². The molecule has 0 spiro atoms. The summed E-state index contributed by atoms with van der Waals surface area (Å²) in [5.74, 6) is 1.50. The molecule has 1 aliphatic carbocycles. The van der Waals surface area contributed by atoms with E-state index in [2.05, 4.69) is 50.0 Å². The fourth-order valence-electron chi connectivity index (χ4n) is 3.00. The molecule has 1 heterocycles. The summed E-state index contributed by atoms with van der Waals surface area (Å²) in [6.45, 7) is 8.15. The molecule has 0 bridgehead atoms. The van der Waals surface area contributed by atoms with Crippen molar-refractivity contribution in [3.05, 3.63) is 24.3 Å². The lowest BCUT2D eigenvalue weighted by Crippen LogP contribution is -2.34. The topological polar surface area (TPSA) is 3.24 Å². The first-order valence-corrected chi connectivity index (χ1v) is 5.36. The number of likely N-dealkylation sites (tertiary alicyclic amines) is 1. The highest BCUT2D eigenvalue weighted by molar-refractivity contribution is 5.20. The maximum absolute atomic E-state index is 2.61. The highest BCUT2D eigenvalue weighted by Crippen LogP contribution is 2.38. The van der Waals surface area contributed by atoms with Crippen LogP contribution in [0.15, 0.2) is 24.3 Å². The minimum Gasteiger partial charge on any atom is -0.297 e. The van der Waals surface area contributed by atoms with Crippen molar-refractivity contribution in [1.82, 2.24) is 4.90 Å². The molecule has 72 valence electrons. The number of rotatable bonds is 1. The van der Waals surface area contributed by atoms with Crippen LogP contribution in [0.5, 0.6) is 0 Å². The summed E-state index contributed by atoms with van der Waals surface area (Å²) in [4.78, 5) is 2.61. The minimum absolute atomic E-state index is 0.714. The van der Waals surface area contributed by atoms with Gasteiger partial charge in [-0.15, -0.1) is 0 Å². The van der Waals surface area contributed by atoms with Crippen molar-refractivity contribution in [3.8, 4) is 0 Å². The summed E-state index contributed by atoms with van der Waals surface area (Å²) in [5.41, 5.74) is 0. The van der Waals surface area contributed by atoms with Crippen molar-refractivity contribution in [3.63, 3.8) is 0 Å². The molecular weight excluding hydrogens is 158 g/mol. The van der Waals surface area contributed by atoms with Crippen LogP contribution in [0.3, 0.4) is 0 Å². The predicted molar refractivity (Wildman–Crippen MR) is 56.6 cm³/mol. The van der Waals surface area contributed by atoms with Crippen molar-refractivity contribution >= 4 is 0 Å². The second-order valence-electron chi connectivity index (χ2n) is 4.24. The lowest BCUT2D eigenvalue weighted by atomic mass is 9.85. The summed E-state index contributed by atoms with van der Waals surface area (Å²) in [7, 11) is 0. The summed E-state index contributed by atoms with van der Waals surface area (Å²) in [6.07, 6.45) is 9.15. The average molecular weight is 177 g/mol. The third-order valence-electron chi connectivity index (χ3n) is 3.75. The van der Waals surface area contributed by atoms with Crippen LogP contribution in [0.1, 0.15) is 20.8 Å². The highest BCUT2D eigenvalue weighted by Gasteiger charge is 2.41. The molecule has 0 radical (unpaired) electrons. The number of hydrogen-bond donors (Lipinski definition) is 0. The fourth-order valence-corrected chi connectivity index (χ4v) is 3.00. The molecule has 2 aliphatic rings. The van der Waals surface area contributed by atoms with Gasteiger partial charge in [-0.1, -0.05) is 31.2 Å². The normalized spacial score (nSPS) is 43.9. The van der Waals surface area contributed by atoms with Gasteiger partial charge in [0.25, 0.3) is 0 Å². The smallest absolute Gasteiger partial charge is 0.0139 e. The Hall–Kier alpha value is -0.560. The first kappa shape index (κ1) is 9.01. The molecule has 1 nitrogen and oxygen atoms in total. The first-order chi connectivity index (χ1) is 6.25. The fraction of sp³-hybridized carbons (Fsp3) is 0.667. The van der Waals surface area contributed by atoms with Crippen molar-refractivity contribution < 1.29 is 0 Å². The molecule has 13 heavy (non-hydrogen) atoms. The van der Waals surface area contributed by atoms with Gasteiger partial charge in [0.2, 0.25) is 0 Å². The van der Waals surface area contributed by atoms with E-state index < -0.39 is 0 Å². The van der Waals surface area contributed by atoms with Gasteiger partial charge < -0.3 is 0 Å². The van der Waals surface area contributed by atoms with E-state index in [-0.39, 0.29) is 0 Å². The lowest BCUT2D eigenvalue weighted by Gasteiger charge is -2.24. The van der Waals surface area contributed by atoms with E-state index in [4.69, 9.17) is 0 Å². The quantitative estimate of drug-likeness (QED) is 0.594. The van der Waals surface area contributed by atoms with Crippen LogP contribution in [-0.4, -0.2) is 23.5 Å². The minimum atomic E-state index is 0.714. The molecular formula is C12H19N. The van der Waals surface area contributed by atoms with Crippen molar-refractivity contribution in [2.75, 3.05) is 6.54 Å². The Kier molecular flexibility index (Phi) is 2.29. The zero-order valence-electron chi connectivity index (χ0n) is 8.77. The molecule has 0 N–H and O–H groups in total. The van der Waals surface area contributed by atoms with E-state index in [0.717, 1.165) is 11.8 Å². The van der Waals surface area contributed by atoms with Crippen molar-refractivity contribution in [2.24, 2.45) is 11.8 Å². The Bertz CT molecular complexity index is 218. The van der Waals surface area contributed by atoms with Crippen LogP contribution in [0.4, 0.5) is 0 Å². The van der Waals surface area contributed by atoms with E-state index in [0.29, 0.717) is 12.1 Å². The first-order valence-electron chi connectivity index (χ1n) is 5.36. The lowest BCUT2D eigenvalue weighted by molar-refractivity contribution is 0.214. The molecule has 1 aliphatic heterocycles. The third-order valence-corrected chi connectivity index (χ3v) is 3.75. The molecule has 0 saturated carbocycles. The summed E-state index contributed by atoms with van der Waals surface area (Å²) in [5, 5.41) is 0. The van der Waals surface area contributed by atoms with Gasteiger partial charge in [-0.05, 0) is 20.4 Å². The average Bonchev–Trinajstić information content (AvgIpc) is 2.41. The Balaban J connectivity index is 2.24. The maximum Gasteiger partial charge on any atom is 0.0139 e. The number of nitrogens with zero attached hydrogens (tertiary/aromatic N) is 1. The van der Waals surface area contributed by atoms with Crippen LogP contribution in [0.25, 0.3) is 0 Å². The number of hydrogen-bond acceptors (Lipinski definition) is 1. The van der Waals surface area contributed by atoms with Crippen LogP contribution < -0.4 is 0 Å². The summed E-state index contributed by atoms with van der Waals surface area (Å²) in [6, 6.07) is 1.43. The molecule has 0 aromatic rings. The predicted octanol–water partition coefficient (Wildman–Crippen LogP) is 2.46. The molecule has 0 aromatic carbocycles. The van der Waals surface area contributed by atoms with Gasteiger partial charge in [-0.25, -0.2) is 0 Å². The molecule has 0 aromatic heterocycles. The van der Waals surface area contributed by atoms with Crippen LogP contribution in [-0.2, 0) is 0 Å². The highest BCUT2D eigenvalue weighted by atomic mass is 15.2. The van der Waals surface area contributed by atoms with Gasteiger partial charge in [-0.3, -0.25) is 4.90 Å². The Morgan fingerprint density at radius 1 is 1.00 bits per heavy atom. The van der Waals surface area contributed by atoms with E-state index in [1.807, 2.05) is 0 Å². The van der Waals surface area contributed by atoms with Crippen molar-refractivity contribution in [1.29, 1.82) is 0 Å². The maximum atomic E-state index is 2.61. The SMILES string of the molecule is CCN1C(C)C2C=CC=C[C@@H]2[C@@H]1C. The van der Waals surface area contributed by atoms with E-state index in [9.17, 15) is 0 Å². The standard InChI is InChI=1S/C12H19N/c1-4-13-9(2)11-7-5-6-8-12(11)10(13)3/h5-12H,4H2,1-3H3/t9-,10?,11+,12?/m0/s1. The number of allylic oxidation sites excluding steroid dienone is 2. The Morgan fingerprint density at radius 3 is 1.85 bits per heavy atom. The second-order valence-corrected chi connectivity index (χ2v) is 4.24. The van der Waals surface area contributed by atoms with Gasteiger partial charge in [0, 0.05) is 23.9 Å². The monoisotopic (exact) mass is 177 g/mol. The van der Waals surface area contributed by atoms with Crippen LogP contribution in [0, 0.1) is 11.8 Å².